The minimum atomic E-state index is 0.897. The predicted octanol–water partition coefficient (Wildman–Crippen LogP) is 1.90. The van der Waals surface area contributed by atoms with Crippen LogP contribution in [0.4, 0.5) is 0 Å². The summed E-state index contributed by atoms with van der Waals surface area (Å²) in [7, 11) is 0. The fourth-order valence-corrected chi connectivity index (χ4v) is 2.42. The smallest absolute Gasteiger partial charge is 0.00484 e. The molecule has 1 fully saturated rings. The molecular formula is C9H13NS. The van der Waals surface area contributed by atoms with Crippen molar-refractivity contribution in [1.82, 2.24) is 5.32 Å². The first-order valence-electron chi connectivity index (χ1n) is 4.18. The lowest BCUT2D eigenvalue weighted by Gasteiger charge is -2.04. The van der Waals surface area contributed by atoms with E-state index in [-0.39, 0.29) is 0 Å². The molecule has 1 aliphatic rings. The first-order chi connectivity index (χ1) is 5.45. The van der Waals surface area contributed by atoms with Gasteiger partial charge in [0.2, 0.25) is 0 Å². The number of thiophene rings is 1. The highest BCUT2D eigenvalue weighted by molar-refractivity contribution is 7.09. The maximum Gasteiger partial charge on any atom is 0.00484 e. The van der Waals surface area contributed by atoms with Crippen molar-refractivity contribution < 1.29 is 0 Å². The molecule has 11 heavy (non-hydrogen) atoms. The lowest BCUT2D eigenvalue weighted by atomic mass is 10.0. The Morgan fingerprint density at radius 3 is 3.27 bits per heavy atom. The summed E-state index contributed by atoms with van der Waals surface area (Å²) >= 11 is 1.88. The van der Waals surface area contributed by atoms with E-state index in [9.17, 15) is 0 Å². The summed E-state index contributed by atoms with van der Waals surface area (Å²) in [6.45, 7) is 2.44. The summed E-state index contributed by atoms with van der Waals surface area (Å²) in [5.41, 5.74) is 0. The molecule has 1 nitrogen and oxygen atoms in total. The molecule has 0 saturated carbocycles. The number of hydrogen-bond acceptors (Lipinski definition) is 2. The van der Waals surface area contributed by atoms with Crippen LogP contribution in [0.5, 0.6) is 0 Å². The van der Waals surface area contributed by atoms with Crippen LogP contribution in [0.3, 0.4) is 0 Å². The third-order valence-electron chi connectivity index (χ3n) is 2.23. The number of hydrogen-bond donors (Lipinski definition) is 1. The summed E-state index contributed by atoms with van der Waals surface area (Å²) in [5, 5.41) is 5.55. The van der Waals surface area contributed by atoms with Gasteiger partial charge in [0.1, 0.15) is 0 Å². The highest BCUT2D eigenvalue weighted by Crippen LogP contribution is 2.18. The average molecular weight is 167 g/mol. The lowest BCUT2D eigenvalue weighted by Crippen LogP contribution is -2.10. The van der Waals surface area contributed by atoms with Gasteiger partial charge < -0.3 is 5.32 Å². The molecule has 1 unspecified atom stereocenters. The Morgan fingerprint density at radius 2 is 2.64 bits per heavy atom. The van der Waals surface area contributed by atoms with Crippen LogP contribution in [0.1, 0.15) is 11.3 Å². The Labute approximate surface area is 71.4 Å². The van der Waals surface area contributed by atoms with Crippen molar-refractivity contribution in [2.45, 2.75) is 12.8 Å². The SMILES string of the molecule is c1csc(CC2CCNC2)c1. The molecule has 1 saturated heterocycles. The quantitative estimate of drug-likeness (QED) is 0.709. The van der Waals surface area contributed by atoms with Crippen LogP contribution in [0.15, 0.2) is 17.5 Å². The third kappa shape index (κ3) is 1.82. The van der Waals surface area contributed by atoms with Gasteiger partial charge in [-0.05, 0) is 43.3 Å². The zero-order chi connectivity index (χ0) is 7.52. The summed E-state index contributed by atoms with van der Waals surface area (Å²) in [6, 6.07) is 4.38. The monoisotopic (exact) mass is 167 g/mol. The molecule has 1 aliphatic heterocycles. The van der Waals surface area contributed by atoms with E-state index in [2.05, 4.69) is 22.8 Å². The highest BCUT2D eigenvalue weighted by Gasteiger charge is 2.14. The van der Waals surface area contributed by atoms with Crippen molar-refractivity contribution >= 4 is 11.3 Å². The van der Waals surface area contributed by atoms with E-state index < -0.39 is 0 Å². The van der Waals surface area contributed by atoms with Crippen molar-refractivity contribution in [3.8, 4) is 0 Å². The van der Waals surface area contributed by atoms with Crippen LogP contribution >= 0.6 is 11.3 Å². The Hall–Kier alpha value is -0.340. The molecular weight excluding hydrogens is 154 g/mol. The van der Waals surface area contributed by atoms with Gasteiger partial charge in [0.25, 0.3) is 0 Å². The van der Waals surface area contributed by atoms with Gasteiger partial charge in [-0.25, -0.2) is 0 Å². The molecule has 2 rings (SSSR count). The van der Waals surface area contributed by atoms with Gasteiger partial charge in [-0.1, -0.05) is 6.07 Å². The Morgan fingerprint density at radius 1 is 1.64 bits per heavy atom. The van der Waals surface area contributed by atoms with Crippen molar-refractivity contribution in [2.75, 3.05) is 13.1 Å². The maximum absolute atomic E-state index is 3.39. The highest BCUT2D eigenvalue weighted by atomic mass is 32.1. The molecule has 0 bridgehead atoms. The molecule has 0 radical (unpaired) electrons. The molecule has 1 N–H and O–H groups in total. The second-order valence-corrected chi connectivity index (χ2v) is 4.17. The van der Waals surface area contributed by atoms with E-state index in [0.717, 1.165) is 5.92 Å². The average Bonchev–Trinajstić information content (AvgIpc) is 2.60. The second-order valence-electron chi connectivity index (χ2n) is 3.14. The lowest BCUT2D eigenvalue weighted by molar-refractivity contribution is 0.585. The van der Waals surface area contributed by atoms with E-state index in [4.69, 9.17) is 0 Å². The maximum atomic E-state index is 3.39. The van der Waals surface area contributed by atoms with Crippen molar-refractivity contribution in [3.05, 3.63) is 22.4 Å². The van der Waals surface area contributed by atoms with Gasteiger partial charge in [0, 0.05) is 4.88 Å². The van der Waals surface area contributed by atoms with Crippen LogP contribution in [-0.2, 0) is 6.42 Å². The van der Waals surface area contributed by atoms with Crippen LogP contribution < -0.4 is 5.32 Å². The summed E-state index contributed by atoms with van der Waals surface area (Å²) in [6.07, 6.45) is 2.64. The molecule has 0 aliphatic carbocycles. The second kappa shape index (κ2) is 3.37. The van der Waals surface area contributed by atoms with Gasteiger partial charge in [-0.3, -0.25) is 0 Å². The van der Waals surface area contributed by atoms with Crippen LogP contribution in [0.25, 0.3) is 0 Å². The number of nitrogens with one attached hydrogen (secondary N) is 1. The molecule has 60 valence electrons. The molecule has 0 aromatic carbocycles. The minimum absolute atomic E-state index is 0.897. The Kier molecular flexibility index (Phi) is 2.24. The molecule has 1 aromatic heterocycles. The molecule has 0 amide bonds. The Bertz CT molecular complexity index is 199. The molecule has 1 aromatic rings. The van der Waals surface area contributed by atoms with E-state index in [1.807, 2.05) is 11.3 Å². The van der Waals surface area contributed by atoms with Gasteiger partial charge >= 0.3 is 0 Å². The van der Waals surface area contributed by atoms with Gasteiger partial charge in [-0.15, -0.1) is 11.3 Å². The minimum Gasteiger partial charge on any atom is -0.316 e. The normalized spacial score (nSPS) is 24.2. The van der Waals surface area contributed by atoms with Gasteiger partial charge in [-0.2, -0.15) is 0 Å². The molecule has 0 spiro atoms. The van der Waals surface area contributed by atoms with Crippen LogP contribution in [-0.4, -0.2) is 13.1 Å². The summed E-state index contributed by atoms with van der Waals surface area (Å²) < 4.78 is 0. The zero-order valence-electron chi connectivity index (χ0n) is 6.55. The largest absolute Gasteiger partial charge is 0.316 e. The fourth-order valence-electron chi connectivity index (χ4n) is 1.60. The van der Waals surface area contributed by atoms with E-state index in [1.54, 1.807) is 4.88 Å². The third-order valence-corrected chi connectivity index (χ3v) is 3.13. The van der Waals surface area contributed by atoms with Crippen LogP contribution in [0, 0.1) is 5.92 Å². The van der Waals surface area contributed by atoms with Crippen molar-refractivity contribution in [2.24, 2.45) is 5.92 Å². The summed E-state index contributed by atoms with van der Waals surface area (Å²) in [4.78, 5) is 1.54. The molecule has 2 heteroatoms. The Balaban J connectivity index is 1.90. The van der Waals surface area contributed by atoms with E-state index >= 15 is 0 Å². The van der Waals surface area contributed by atoms with E-state index in [1.165, 1.54) is 25.9 Å². The zero-order valence-corrected chi connectivity index (χ0v) is 7.36. The first kappa shape index (κ1) is 7.32. The number of rotatable bonds is 2. The fraction of sp³-hybridized carbons (Fsp3) is 0.556. The van der Waals surface area contributed by atoms with Crippen molar-refractivity contribution in [3.63, 3.8) is 0 Å². The van der Waals surface area contributed by atoms with Gasteiger partial charge in [0.05, 0.1) is 0 Å². The predicted molar refractivity (Wildman–Crippen MR) is 49.0 cm³/mol. The molecule has 2 heterocycles. The standard InChI is InChI=1S/C9H13NS/c1-2-9(11-5-1)6-8-3-4-10-7-8/h1-2,5,8,10H,3-4,6-7H2. The summed E-state index contributed by atoms with van der Waals surface area (Å²) in [5.74, 6) is 0.897. The van der Waals surface area contributed by atoms with Crippen molar-refractivity contribution in [1.29, 1.82) is 0 Å². The van der Waals surface area contributed by atoms with Gasteiger partial charge in [0.15, 0.2) is 0 Å². The van der Waals surface area contributed by atoms with E-state index in [0.29, 0.717) is 0 Å². The van der Waals surface area contributed by atoms with Crippen LogP contribution in [0.2, 0.25) is 0 Å². The topological polar surface area (TPSA) is 12.0 Å². The first-order valence-corrected chi connectivity index (χ1v) is 5.06. The molecule has 1 atom stereocenters.